The number of aromatic nitrogens is 1. The van der Waals surface area contributed by atoms with E-state index in [1.54, 1.807) is 17.5 Å². The Morgan fingerprint density at radius 1 is 1.38 bits per heavy atom. The summed E-state index contributed by atoms with van der Waals surface area (Å²) in [6, 6.07) is 0. The molecule has 1 aliphatic heterocycles. The van der Waals surface area contributed by atoms with Gasteiger partial charge in [0.2, 0.25) is 0 Å². The van der Waals surface area contributed by atoms with Crippen molar-refractivity contribution in [1.29, 1.82) is 0 Å². The van der Waals surface area contributed by atoms with Crippen LogP contribution >= 0.6 is 22.9 Å². The van der Waals surface area contributed by atoms with Crippen LogP contribution < -0.4 is 4.90 Å². The molecule has 1 saturated heterocycles. The van der Waals surface area contributed by atoms with Crippen molar-refractivity contribution in [2.24, 2.45) is 11.8 Å². The van der Waals surface area contributed by atoms with Crippen molar-refractivity contribution >= 4 is 28.1 Å². The summed E-state index contributed by atoms with van der Waals surface area (Å²) in [6.07, 6.45) is 4.65. The predicted octanol–water partition coefficient (Wildman–Crippen LogP) is 2.64. The van der Waals surface area contributed by atoms with Gasteiger partial charge in [-0.1, -0.05) is 22.9 Å². The monoisotopic (exact) mass is 214 g/mol. The molecule has 2 heterocycles. The van der Waals surface area contributed by atoms with Gasteiger partial charge in [0.15, 0.2) is 5.13 Å². The number of thiazole rings is 1. The maximum Gasteiger partial charge on any atom is 0.186 e. The second kappa shape index (κ2) is 2.85. The summed E-state index contributed by atoms with van der Waals surface area (Å²) in [5, 5.41) is 1.10. The van der Waals surface area contributed by atoms with Crippen LogP contribution in [-0.4, -0.2) is 18.1 Å². The van der Waals surface area contributed by atoms with E-state index in [1.165, 1.54) is 25.9 Å². The number of halogens is 1. The van der Waals surface area contributed by atoms with E-state index in [-0.39, 0.29) is 0 Å². The lowest BCUT2D eigenvalue weighted by molar-refractivity contribution is 0.364. The molecule has 3 rings (SSSR count). The predicted molar refractivity (Wildman–Crippen MR) is 55.6 cm³/mol. The Kier molecular flexibility index (Phi) is 1.77. The normalized spacial score (nSPS) is 23.3. The largest absolute Gasteiger partial charge is 0.347 e. The Morgan fingerprint density at radius 2 is 2.15 bits per heavy atom. The van der Waals surface area contributed by atoms with Crippen LogP contribution in [0.3, 0.4) is 0 Å². The third kappa shape index (κ3) is 1.44. The fraction of sp³-hybridized carbons (Fsp3) is 0.667. The van der Waals surface area contributed by atoms with E-state index in [4.69, 9.17) is 11.6 Å². The molecule has 0 atom stereocenters. The van der Waals surface area contributed by atoms with Crippen molar-refractivity contribution in [2.75, 3.05) is 18.0 Å². The number of anilines is 1. The van der Waals surface area contributed by atoms with Crippen molar-refractivity contribution in [3.63, 3.8) is 0 Å². The maximum absolute atomic E-state index is 5.83. The Bertz CT molecular complexity index is 315. The van der Waals surface area contributed by atoms with Crippen molar-refractivity contribution in [1.82, 2.24) is 4.98 Å². The molecule has 0 radical (unpaired) electrons. The molecule has 13 heavy (non-hydrogen) atoms. The van der Waals surface area contributed by atoms with Crippen molar-refractivity contribution in [2.45, 2.75) is 12.8 Å². The van der Waals surface area contributed by atoms with E-state index in [2.05, 4.69) is 9.88 Å². The Balaban J connectivity index is 1.63. The van der Waals surface area contributed by atoms with Crippen LogP contribution in [0.2, 0.25) is 4.34 Å². The zero-order valence-corrected chi connectivity index (χ0v) is 8.81. The fourth-order valence-electron chi connectivity index (χ4n) is 1.93. The summed E-state index contributed by atoms with van der Waals surface area (Å²) in [5.41, 5.74) is 0. The third-order valence-electron chi connectivity index (χ3n) is 2.93. The van der Waals surface area contributed by atoms with Gasteiger partial charge in [0, 0.05) is 13.1 Å². The molecular weight excluding hydrogens is 204 g/mol. The topological polar surface area (TPSA) is 16.1 Å². The molecule has 1 aromatic rings. The minimum atomic E-state index is 0.796. The fourth-order valence-corrected chi connectivity index (χ4v) is 2.85. The lowest BCUT2D eigenvalue weighted by Gasteiger charge is -2.39. The van der Waals surface area contributed by atoms with Crippen molar-refractivity contribution in [3.05, 3.63) is 10.5 Å². The Labute approximate surface area is 86.5 Å². The SMILES string of the molecule is Clc1cnc(N2CC(C3CC3)C2)s1. The first-order valence-corrected chi connectivity index (χ1v) is 5.88. The molecule has 1 saturated carbocycles. The minimum absolute atomic E-state index is 0.796. The number of rotatable bonds is 2. The molecule has 4 heteroatoms. The Morgan fingerprint density at radius 3 is 2.69 bits per heavy atom. The van der Waals surface area contributed by atoms with E-state index < -0.39 is 0 Å². The van der Waals surface area contributed by atoms with Crippen LogP contribution in [0.1, 0.15) is 12.8 Å². The summed E-state index contributed by atoms with van der Waals surface area (Å²) in [6.45, 7) is 2.41. The first-order chi connectivity index (χ1) is 6.33. The molecule has 0 unspecified atom stereocenters. The summed E-state index contributed by atoms with van der Waals surface area (Å²) in [7, 11) is 0. The number of hydrogen-bond donors (Lipinski definition) is 0. The minimum Gasteiger partial charge on any atom is -0.347 e. The van der Waals surface area contributed by atoms with Crippen LogP contribution in [0.15, 0.2) is 6.20 Å². The van der Waals surface area contributed by atoms with Gasteiger partial charge in [-0.15, -0.1) is 0 Å². The van der Waals surface area contributed by atoms with Gasteiger partial charge >= 0.3 is 0 Å². The lowest BCUT2D eigenvalue weighted by Crippen LogP contribution is -2.47. The van der Waals surface area contributed by atoms with Crippen molar-refractivity contribution < 1.29 is 0 Å². The van der Waals surface area contributed by atoms with Crippen LogP contribution in [0.5, 0.6) is 0 Å². The quantitative estimate of drug-likeness (QED) is 0.753. The zero-order valence-electron chi connectivity index (χ0n) is 7.24. The average Bonchev–Trinajstić information content (AvgIpc) is 2.74. The maximum atomic E-state index is 5.83. The molecule has 0 spiro atoms. The average molecular weight is 215 g/mol. The van der Waals surface area contributed by atoms with Gasteiger partial charge in [-0.3, -0.25) is 0 Å². The highest BCUT2D eigenvalue weighted by molar-refractivity contribution is 7.19. The van der Waals surface area contributed by atoms with Crippen molar-refractivity contribution in [3.8, 4) is 0 Å². The molecular formula is C9H11ClN2S. The van der Waals surface area contributed by atoms with Gasteiger partial charge in [-0.2, -0.15) is 0 Å². The van der Waals surface area contributed by atoms with Gasteiger partial charge in [-0.25, -0.2) is 4.98 Å². The lowest BCUT2D eigenvalue weighted by atomic mass is 9.96. The standard InChI is InChI=1S/C9H11ClN2S/c10-8-3-11-9(13-8)12-4-7(5-12)6-1-2-6/h3,6-7H,1-2,4-5H2. The van der Waals surface area contributed by atoms with E-state index in [9.17, 15) is 0 Å². The highest BCUT2D eigenvalue weighted by Gasteiger charge is 2.39. The molecule has 2 aliphatic rings. The van der Waals surface area contributed by atoms with Crippen LogP contribution in [0.4, 0.5) is 5.13 Å². The van der Waals surface area contributed by atoms with Crippen LogP contribution in [-0.2, 0) is 0 Å². The molecule has 70 valence electrons. The van der Waals surface area contributed by atoms with E-state index >= 15 is 0 Å². The first-order valence-electron chi connectivity index (χ1n) is 4.69. The molecule has 2 fully saturated rings. The Hall–Kier alpha value is -0.280. The van der Waals surface area contributed by atoms with Gasteiger partial charge in [-0.05, 0) is 24.7 Å². The second-order valence-corrected chi connectivity index (χ2v) is 5.59. The van der Waals surface area contributed by atoms with Crippen LogP contribution in [0, 0.1) is 11.8 Å². The smallest absolute Gasteiger partial charge is 0.186 e. The molecule has 0 bridgehead atoms. The van der Waals surface area contributed by atoms with E-state index in [0.29, 0.717) is 0 Å². The summed E-state index contributed by atoms with van der Waals surface area (Å²) < 4.78 is 0.796. The third-order valence-corrected chi connectivity index (χ3v) is 4.11. The molecule has 0 aromatic carbocycles. The second-order valence-electron chi connectivity index (χ2n) is 3.95. The number of nitrogens with zero attached hydrogens (tertiary/aromatic N) is 2. The molecule has 1 aliphatic carbocycles. The van der Waals surface area contributed by atoms with Crippen LogP contribution in [0.25, 0.3) is 0 Å². The molecule has 0 amide bonds. The van der Waals surface area contributed by atoms with Gasteiger partial charge in [0.25, 0.3) is 0 Å². The summed E-state index contributed by atoms with van der Waals surface area (Å²) >= 11 is 7.41. The molecule has 2 nitrogen and oxygen atoms in total. The number of hydrogen-bond acceptors (Lipinski definition) is 3. The first kappa shape index (κ1) is 8.06. The molecule has 1 aromatic heterocycles. The van der Waals surface area contributed by atoms with Gasteiger partial charge in [0.05, 0.1) is 6.20 Å². The van der Waals surface area contributed by atoms with Gasteiger partial charge < -0.3 is 4.90 Å². The molecule has 0 N–H and O–H groups in total. The van der Waals surface area contributed by atoms with Gasteiger partial charge in [0.1, 0.15) is 4.34 Å². The summed E-state index contributed by atoms with van der Waals surface area (Å²) in [4.78, 5) is 6.60. The van der Waals surface area contributed by atoms with E-state index in [0.717, 1.165) is 21.3 Å². The van der Waals surface area contributed by atoms with E-state index in [1.807, 2.05) is 0 Å². The highest BCUT2D eigenvalue weighted by atomic mass is 35.5. The summed E-state index contributed by atoms with van der Waals surface area (Å²) in [5.74, 6) is 1.98. The highest BCUT2D eigenvalue weighted by Crippen LogP contribution is 2.43. The zero-order chi connectivity index (χ0) is 8.84.